The number of hydrogen-bond donors (Lipinski definition) is 1. The van der Waals surface area contributed by atoms with E-state index in [1.807, 2.05) is 6.20 Å². The summed E-state index contributed by atoms with van der Waals surface area (Å²) in [5, 5.41) is 3.13. The van der Waals surface area contributed by atoms with E-state index in [2.05, 4.69) is 31.8 Å². The number of nitrogens with zero attached hydrogens (tertiary/aromatic N) is 5. The summed E-state index contributed by atoms with van der Waals surface area (Å²) in [6.07, 6.45) is 8.42. The number of aryl methyl sites for hydroxylation is 1. The van der Waals surface area contributed by atoms with Gasteiger partial charge in [-0.05, 0) is 13.3 Å². The molecule has 0 radical (unpaired) electrons. The molecule has 4 heterocycles. The highest BCUT2D eigenvalue weighted by molar-refractivity contribution is 5.75. The number of rotatable bonds is 3. The number of fused-ring (bicyclic) bond motifs is 1. The van der Waals surface area contributed by atoms with E-state index in [-0.39, 0.29) is 18.2 Å². The van der Waals surface area contributed by atoms with Crippen LogP contribution in [-0.2, 0) is 24.2 Å². The van der Waals surface area contributed by atoms with E-state index in [1.54, 1.807) is 23.5 Å². The molecule has 8 nitrogen and oxygen atoms in total. The van der Waals surface area contributed by atoms with E-state index in [0.29, 0.717) is 19.7 Å². The van der Waals surface area contributed by atoms with Crippen LogP contribution >= 0.6 is 0 Å². The molecule has 1 N–H and O–H groups in total. The summed E-state index contributed by atoms with van der Waals surface area (Å²) < 4.78 is 7.92. The van der Waals surface area contributed by atoms with E-state index in [1.165, 1.54) is 0 Å². The van der Waals surface area contributed by atoms with Gasteiger partial charge in [0.2, 0.25) is 0 Å². The lowest BCUT2D eigenvalue weighted by Gasteiger charge is -2.29. The molecule has 1 fully saturated rings. The Balaban J connectivity index is 1.44. The molecule has 0 aromatic carbocycles. The van der Waals surface area contributed by atoms with Gasteiger partial charge in [-0.3, -0.25) is 9.97 Å². The smallest absolute Gasteiger partial charge is 0.318 e. The van der Waals surface area contributed by atoms with Crippen molar-refractivity contribution in [2.75, 3.05) is 13.2 Å². The van der Waals surface area contributed by atoms with Gasteiger partial charge in [0.15, 0.2) is 0 Å². The average molecular weight is 342 g/mol. The van der Waals surface area contributed by atoms with Crippen molar-refractivity contribution in [3.63, 3.8) is 0 Å². The molecule has 0 unspecified atom stereocenters. The standard InChI is InChI=1S/C17H22N6O2/c1-2-22-9-7-20-16(22)15-13(4-10-25-15)21-17(24)23-8-3-12-14(11-23)19-6-5-18-12/h5-7,9,13,15H,2-4,8,10-11H2,1H3,(H,21,24)/t13-,15-/m1/s1. The number of hydrogen-bond acceptors (Lipinski definition) is 5. The second kappa shape index (κ2) is 6.79. The van der Waals surface area contributed by atoms with Crippen molar-refractivity contribution >= 4 is 6.03 Å². The molecular weight excluding hydrogens is 320 g/mol. The quantitative estimate of drug-likeness (QED) is 0.908. The van der Waals surface area contributed by atoms with Crippen LogP contribution in [0.3, 0.4) is 0 Å². The van der Waals surface area contributed by atoms with Crippen molar-refractivity contribution in [3.05, 3.63) is 42.0 Å². The molecule has 0 saturated carbocycles. The number of aromatic nitrogens is 4. The SMILES string of the molecule is CCn1ccnc1[C@@H]1OCC[C@H]1NC(=O)N1CCc2nccnc2C1. The Kier molecular flexibility index (Phi) is 4.35. The third-order valence-corrected chi connectivity index (χ3v) is 4.85. The fourth-order valence-corrected chi connectivity index (χ4v) is 3.50. The van der Waals surface area contributed by atoms with Gasteiger partial charge in [-0.25, -0.2) is 9.78 Å². The molecule has 4 rings (SSSR count). The predicted octanol–water partition coefficient (Wildman–Crippen LogP) is 1.29. The van der Waals surface area contributed by atoms with Gasteiger partial charge in [0.05, 0.1) is 24.0 Å². The minimum atomic E-state index is -0.198. The summed E-state index contributed by atoms with van der Waals surface area (Å²) in [5.41, 5.74) is 1.86. The summed E-state index contributed by atoms with van der Waals surface area (Å²) in [6.45, 7) is 4.67. The van der Waals surface area contributed by atoms with Crippen LogP contribution in [0.1, 0.15) is 36.7 Å². The maximum absolute atomic E-state index is 12.7. The van der Waals surface area contributed by atoms with Crippen LogP contribution in [0.25, 0.3) is 0 Å². The zero-order chi connectivity index (χ0) is 17.2. The number of urea groups is 1. The Morgan fingerprint density at radius 2 is 2.12 bits per heavy atom. The average Bonchev–Trinajstić information content (AvgIpc) is 3.29. The minimum absolute atomic E-state index is 0.0662. The number of ether oxygens (including phenoxy) is 1. The molecule has 0 aliphatic carbocycles. The molecule has 2 aliphatic heterocycles. The number of nitrogens with one attached hydrogen (secondary N) is 1. The number of carbonyl (C=O) groups excluding carboxylic acids is 1. The van der Waals surface area contributed by atoms with Crippen LogP contribution < -0.4 is 5.32 Å². The van der Waals surface area contributed by atoms with Gasteiger partial charge < -0.3 is 19.5 Å². The summed E-state index contributed by atoms with van der Waals surface area (Å²) >= 11 is 0. The molecule has 8 heteroatoms. The molecule has 2 aliphatic rings. The van der Waals surface area contributed by atoms with Gasteiger partial charge in [0.1, 0.15) is 11.9 Å². The van der Waals surface area contributed by atoms with Crippen LogP contribution in [0.15, 0.2) is 24.8 Å². The molecule has 132 valence electrons. The normalized spacial score (nSPS) is 22.7. The molecule has 1 saturated heterocycles. The molecule has 0 spiro atoms. The van der Waals surface area contributed by atoms with Crippen LogP contribution in [0.2, 0.25) is 0 Å². The molecule has 2 atom stereocenters. The topological polar surface area (TPSA) is 85.2 Å². The summed E-state index contributed by atoms with van der Waals surface area (Å²) in [4.78, 5) is 27.6. The Bertz CT molecular complexity index is 761. The second-order valence-electron chi connectivity index (χ2n) is 6.33. The molecule has 2 aromatic rings. The van der Waals surface area contributed by atoms with Gasteiger partial charge in [-0.2, -0.15) is 0 Å². The number of carbonyl (C=O) groups is 1. The van der Waals surface area contributed by atoms with Crippen molar-refractivity contribution in [3.8, 4) is 0 Å². The van der Waals surface area contributed by atoms with Gasteiger partial charge in [0, 0.05) is 50.9 Å². The van der Waals surface area contributed by atoms with Gasteiger partial charge in [-0.1, -0.05) is 0 Å². The third kappa shape index (κ3) is 3.09. The van der Waals surface area contributed by atoms with Crippen molar-refractivity contribution < 1.29 is 9.53 Å². The number of imidazole rings is 1. The summed E-state index contributed by atoms with van der Waals surface area (Å²) in [5.74, 6) is 0.875. The first-order valence-electron chi connectivity index (χ1n) is 8.73. The molecule has 25 heavy (non-hydrogen) atoms. The van der Waals surface area contributed by atoms with Crippen molar-refractivity contribution in [1.29, 1.82) is 0 Å². The van der Waals surface area contributed by atoms with Gasteiger partial charge >= 0.3 is 6.03 Å². The zero-order valence-corrected chi connectivity index (χ0v) is 14.3. The highest BCUT2D eigenvalue weighted by atomic mass is 16.5. The Hall–Kier alpha value is -2.48. The predicted molar refractivity (Wildman–Crippen MR) is 89.7 cm³/mol. The first kappa shape index (κ1) is 16.0. The second-order valence-corrected chi connectivity index (χ2v) is 6.33. The van der Waals surface area contributed by atoms with Crippen LogP contribution in [-0.4, -0.2) is 49.6 Å². The van der Waals surface area contributed by atoms with E-state index in [9.17, 15) is 4.79 Å². The molecule has 2 aromatic heterocycles. The Morgan fingerprint density at radius 1 is 1.28 bits per heavy atom. The minimum Gasteiger partial charge on any atom is -0.368 e. The highest BCUT2D eigenvalue weighted by Crippen LogP contribution is 2.28. The first-order chi connectivity index (χ1) is 12.3. The highest BCUT2D eigenvalue weighted by Gasteiger charge is 2.35. The van der Waals surface area contributed by atoms with Crippen LogP contribution in [0.4, 0.5) is 4.79 Å². The maximum Gasteiger partial charge on any atom is 0.318 e. The number of amides is 2. The van der Waals surface area contributed by atoms with E-state index in [4.69, 9.17) is 4.74 Å². The van der Waals surface area contributed by atoms with Crippen molar-refractivity contribution in [1.82, 2.24) is 29.7 Å². The van der Waals surface area contributed by atoms with E-state index < -0.39 is 0 Å². The third-order valence-electron chi connectivity index (χ3n) is 4.85. The lowest BCUT2D eigenvalue weighted by molar-refractivity contribution is 0.0882. The fourth-order valence-electron chi connectivity index (χ4n) is 3.50. The Morgan fingerprint density at radius 3 is 2.96 bits per heavy atom. The molecule has 0 bridgehead atoms. The maximum atomic E-state index is 12.7. The van der Waals surface area contributed by atoms with Crippen molar-refractivity contribution in [2.24, 2.45) is 0 Å². The van der Waals surface area contributed by atoms with E-state index >= 15 is 0 Å². The largest absolute Gasteiger partial charge is 0.368 e. The summed E-state index contributed by atoms with van der Waals surface area (Å²) in [6, 6.07) is -0.144. The lowest BCUT2D eigenvalue weighted by Crippen LogP contribution is -2.48. The lowest BCUT2D eigenvalue weighted by atomic mass is 10.1. The van der Waals surface area contributed by atoms with Crippen molar-refractivity contribution in [2.45, 2.75) is 45.0 Å². The van der Waals surface area contributed by atoms with Crippen LogP contribution in [0, 0.1) is 0 Å². The molecule has 2 amide bonds. The van der Waals surface area contributed by atoms with Crippen LogP contribution in [0.5, 0.6) is 0 Å². The van der Waals surface area contributed by atoms with Gasteiger partial charge in [-0.15, -0.1) is 0 Å². The summed E-state index contributed by atoms with van der Waals surface area (Å²) in [7, 11) is 0. The first-order valence-corrected chi connectivity index (χ1v) is 8.73. The van der Waals surface area contributed by atoms with E-state index in [0.717, 1.165) is 36.6 Å². The fraction of sp³-hybridized carbons (Fsp3) is 0.529. The van der Waals surface area contributed by atoms with Gasteiger partial charge in [0.25, 0.3) is 0 Å². The molecular formula is C17H22N6O2. The zero-order valence-electron chi connectivity index (χ0n) is 14.3. The monoisotopic (exact) mass is 342 g/mol. The Labute approximate surface area is 146 Å².